The molecule has 0 unspecified atom stereocenters. The summed E-state index contributed by atoms with van der Waals surface area (Å²) in [4.78, 5) is 14.1. The number of aromatic nitrogens is 1. The van der Waals surface area contributed by atoms with E-state index >= 15 is 0 Å². The molecule has 0 N–H and O–H groups in total. The molecule has 0 aliphatic carbocycles. The first-order valence-electron chi connectivity index (χ1n) is 6.86. The lowest BCUT2D eigenvalue weighted by atomic mass is 10.1. The van der Waals surface area contributed by atoms with Crippen LogP contribution in [0.5, 0.6) is 0 Å². The summed E-state index contributed by atoms with van der Waals surface area (Å²) in [6.07, 6.45) is 3.88. The summed E-state index contributed by atoms with van der Waals surface area (Å²) in [6.45, 7) is 6.99. The second-order valence-electron chi connectivity index (χ2n) is 6.13. The van der Waals surface area contributed by atoms with E-state index in [0.29, 0.717) is 6.54 Å². The summed E-state index contributed by atoms with van der Waals surface area (Å²) in [5.41, 5.74) is 1.87. The fraction of sp³-hybridized carbons (Fsp3) is 0.353. The minimum atomic E-state index is -0.00344. The average Bonchev–Trinajstić information content (AvgIpc) is 2.88. The quantitative estimate of drug-likeness (QED) is 0.837. The first kappa shape index (κ1) is 14.4. The Bertz CT molecular complexity index is 579. The zero-order valence-corrected chi connectivity index (χ0v) is 12.6. The molecule has 3 nitrogen and oxygen atoms in total. The maximum Gasteiger partial charge on any atom is 0.255 e. The number of carbonyl (C=O) groups is 1. The normalized spacial score (nSPS) is 11.4. The molecule has 0 saturated heterocycles. The Hall–Kier alpha value is -2.03. The maximum atomic E-state index is 12.4. The summed E-state index contributed by atoms with van der Waals surface area (Å²) >= 11 is 0. The van der Waals surface area contributed by atoms with Crippen molar-refractivity contribution < 1.29 is 4.79 Å². The Balaban J connectivity index is 2.09. The smallest absolute Gasteiger partial charge is 0.255 e. The van der Waals surface area contributed by atoms with Gasteiger partial charge in [-0.2, -0.15) is 0 Å². The van der Waals surface area contributed by atoms with E-state index in [1.165, 1.54) is 0 Å². The monoisotopic (exact) mass is 270 g/mol. The van der Waals surface area contributed by atoms with E-state index in [4.69, 9.17) is 0 Å². The predicted octanol–water partition coefficient (Wildman–Crippen LogP) is 3.52. The highest BCUT2D eigenvalue weighted by molar-refractivity contribution is 5.93. The summed E-state index contributed by atoms with van der Waals surface area (Å²) in [5.74, 6) is 0.0526. The lowest BCUT2D eigenvalue weighted by Gasteiger charge is -2.21. The van der Waals surface area contributed by atoms with Crippen LogP contribution in [0.1, 0.15) is 36.7 Å². The SMILES string of the molecule is CN(Cc1ccccc1)C(=O)c1ccn(C(C)(C)C)c1. The Morgan fingerprint density at radius 3 is 2.35 bits per heavy atom. The van der Waals surface area contributed by atoms with Crippen molar-refractivity contribution in [3.63, 3.8) is 0 Å². The zero-order chi connectivity index (χ0) is 14.8. The number of nitrogens with zero attached hydrogens (tertiary/aromatic N) is 2. The molecule has 20 heavy (non-hydrogen) atoms. The number of amides is 1. The number of carbonyl (C=O) groups excluding carboxylic acids is 1. The molecule has 0 fully saturated rings. The molecule has 0 atom stereocenters. The minimum absolute atomic E-state index is 0.00344. The van der Waals surface area contributed by atoms with Gasteiger partial charge in [-0.15, -0.1) is 0 Å². The van der Waals surface area contributed by atoms with E-state index in [-0.39, 0.29) is 11.4 Å². The third-order valence-electron chi connectivity index (χ3n) is 3.32. The fourth-order valence-electron chi connectivity index (χ4n) is 2.09. The molecule has 0 aliphatic heterocycles. The lowest BCUT2D eigenvalue weighted by Crippen LogP contribution is -2.26. The van der Waals surface area contributed by atoms with Crippen LogP contribution in [0.2, 0.25) is 0 Å². The van der Waals surface area contributed by atoms with E-state index in [2.05, 4.69) is 25.3 Å². The van der Waals surface area contributed by atoms with Gasteiger partial charge >= 0.3 is 0 Å². The second-order valence-corrected chi connectivity index (χ2v) is 6.13. The molecule has 3 heteroatoms. The Morgan fingerprint density at radius 2 is 1.80 bits per heavy atom. The summed E-state index contributed by atoms with van der Waals surface area (Å²) in [7, 11) is 1.84. The first-order valence-corrected chi connectivity index (χ1v) is 6.86. The highest BCUT2D eigenvalue weighted by atomic mass is 16.2. The van der Waals surface area contributed by atoms with Crippen molar-refractivity contribution in [3.05, 3.63) is 59.9 Å². The van der Waals surface area contributed by atoms with Gasteiger partial charge in [0.2, 0.25) is 0 Å². The Morgan fingerprint density at radius 1 is 1.15 bits per heavy atom. The molecule has 0 saturated carbocycles. The van der Waals surface area contributed by atoms with E-state index in [1.54, 1.807) is 4.90 Å². The summed E-state index contributed by atoms with van der Waals surface area (Å²) < 4.78 is 2.07. The molecule has 2 aromatic rings. The van der Waals surface area contributed by atoms with Gasteiger partial charge < -0.3 is 9.47 Å². The highest BCUT2D eigenvalue weighted by Crippen LogP contribution is 2.17. The van der Waals surface area contributed by atoms with Gasteiger partial charge in [-0.25, -0.2) is 0 Å². The summed E-state index contributed by atoms with van der Waals surface area (Å²) in [5, 5.41) is 0. The van der Waals surface area contributed by atoms with Crippen LogP contribution in [-0.4, -0.2) is 22.4 Å². The number of hydrogen-bond acceptors (Lipinski definition) is 1. The molecule has 1 aromatic heterocycles. The van der Waals surface area contributed by atoms with Gasteiger partial charge in [-0.05, 0) is 32.4 Å². The zero-order valence-electron chi connectivity index (χ0n) is 12.6. The molecule has 0 spiro atoms. The van der Waals surface area contributed by atoms with Crippen LogP contribution in [0.15, 0.2) is 48.8 Å². The molecule has 1 amide bonds. The average molecular weight is 270 g/mol. The van der Waals surface area contributed by atoms with E-state index < -0.39 is 0 Å². The van der Waals surface area contributed by atoms with Crippen LogP contribution >= 0.6 is 0 Å². The van der Waals surface area contributed by atoms with Crippen molar-refractivity contribution in [3.8, 4) is 0 Å². The topological polar surface area (TPSA) is 25.2 Å². The Kier molecular flexibility index (Phi) is 3.98. The first-order chi connectivity index (χ1) is 9.38. The van der Waals surface area contributed by atoms with Crippen molar-refractivity contribution in [1.82, 2.24) is 9.47 Å². The van der Waals surface area contributed by atoms with E-state index in [0.717, 1.165) is 11.1 Å². The molecule has 0 radical (unpaired) electrons. The van der Waals surface area contributed by atoms with Crippen molar-refractivity contribution in [2.24, 2.45) is 0 Å². The summed E-state index contributed by atoms with van der Waals surface area (Å²) in [6, 6.07) is 11.9. The molecule has 106 valence electrons. The minimum Gasteiger partial charge on any atom is -0.348 e. The van der Waals surface area contributed by atoms with Gasteiger partial charge in [0.25, 0.3) is 5.91 Å². The largest absolute Gasteiger partial charge is 0.348 e. The van der Waals surface area contributed by atoms with Gasteiger partial charge in [0.1, 0.15) is 0 Å². The van der Waals surface area contributed by atoms with Crippen molar-refractivity contribution in [1.29, 1.82) is 0 Å². The molecule has 1 heterocycles. The lowest BCUT2D eigenvalue weighted by molar-refractivity contribution is 0.0785. The third-order valence-corrected chi connectivity index (χ3v) is 3.32. The van der Waals surface area contributed by atoms with Crippen LogP contribution in [0, 0.1) is 0 Å². The van der Waals surface area contributed by atoms with E-state index in [1.807, 2.05) is 55.8 Å². The van der Waals surface area contributed by atoms with Crippen LogP contribution in [0.4, 0.5) is 0 Å². The van der Waals surface area contributed by atoms with Crippen LogP contribution in [0.25, 0.3) is 0 Å². The van der Waals surface area contributed by atoms with Crippen LogP contribution in [0.3, 0.4) is 0 Å². The molecular formula is C17H22N2O. The standard InChI is InChI=1S/C17H22N2O/c1-17(2,3)19-11-10-15(13-19)16(20)18(4)12-14-8-6-5-7-9-14/h5-11,13H,12H2,1-4H3. The Labute approximate surface area is 120 Å². The van der Waals surface area contributed by atoms with Gasteiger partial charge in [0.05, 0.1) is 5.56 Å². The third kappa shape index (κ3) is 3.29. The molecule has 0 bridgehead atoms. The predicted molar refractivity (Wildman–Crippen MR) is 81.7 cm³/mol. The van der Waals surface area contributed by atoms with E-state index in [9.17, 15) is 4.79 Å². The number of benzene rings is 1. The van der Waals surface area contributed by atoms with Crippen LogP contribution in [-0.2, 0) is 12.1 Å². The van der Waals surface area contributed by atoms with Gasteiger partial charge in [-0.1, -0.05) is 30.3 Å². The number of rotatable bonds is 3. The molecule has 0 aliphatic rings. The highest BCUT2D eigenvalue weighted by Gasteiger charge is 2.17. The van der Waals surface area contributed by atoms with Crippen LogP contribution < -0.4 is 0 Å². The molecular weight excluding hydrogens is 248 g/mol. The van der Waals surface area contributed by atoms with Gasteiger partial charge in [0.15, 0.2) is 0 Å². The molecule has 2 rings (SSSR count). The van der Waals surface area contributed by atoms with Crippen molar-refractivity contribution in [2.45, 2.75) is 32.9 Å². The molecule has 1 aromatic carbocycles. The van der Waals surface area contributed by atoms with Gasteiger partial charge in [0, 0.05) is 31.5 Å². The fourth-order valence-corrected chi connectivity index (χ4v) is 2.09. The van der Waals surface area contributed by atoms with Gasteiger partial charge in [-0.3, -0.25) is 4.79 Å². The number of hydrogen-bond donors (Lipinski definition) is 0. The second kappa shape index (κ2) is 5.53. The van der Waals surface area contributed by atoms with Crippen molar-refractivity contribution in [2.75, 3.05) is 7.05 Å². The van der Waals surface area contributed by atoms with Crippen molar-refractivity contribution >= 4 is 5.91 Å². The maximum absolute atomic E-state index is 12.4.